The van der Waals surface area contributed by atoms with E-state index in [2.05, 4.69) is 13.8 Å². The number of methoxy groups -OCH3 is 1. The lowest BCUT2D eigenvalue weighted by molar-refractivity contribution is 0.189. The summed E-state index contributed by atoms with van der Waals surface area (Å²) in [7, 11) is 1.66. The summed E-state index contributed by atoms with van der Waals surface area (Å²) in [4.78, 5) is 11.9. The van der Waals surface area contributed by atoms with Crippen LogP contribution in [-0.4, -0.2) is 18.3 Å². The van der Waals surface area contributed by atoms with Gasteiger partial charge in [-0.25, -0.2) is 0 Å². The van der Waals surface area contributed by atoms with E-state index >= 15 is 0 Å². The summed E-state index contributed by atoms with van der Waals surface area (Å²) in [6.45, 7) is 5.44. The first kappa shape index (κ1) is 12.8. The topological polar surface area (TPSA) is 57.2 Å². The van der Waals surface area contributed by atoms with Gasteiger partial charge in [0.1, 0.15) is 0 Å². The molecule has 4 nitrogen and oxygen atoms in total. The zero-order chi connectivity index (χ0) is 12.1. The third-order valence-electron chi connectivity index (χ3n) is 2.56. The summed E-state index contributed by atoms with van der Waals surface area (Å²) in [5, 5.41) is 0. The van der Waals surface area contributed by atoms with E-state index in [0.717, 1.165) is 12.1 Å². The lowest BCUT2D eigenvalue weighted by Crippen LogP contribution is -2.26. The monoisotopic (exact) mass is 224 g/mol. The summed E-state index contributed by atoms with van der Waals surface area (Å²) in [5.74, 6) is 0.316. The Kier molecular flexibility index (Phi) is 4.55. The highest BCUT2D eigenvalue weighted by Gasteiger charge is 2.09. The van der Waals surface area contributed by atoms with Crippen LogP contribution in [0.4, 0.5) is 5.69 Å². The van der Waals surface area contributed by atoms with Crippen LogP contribution in [0.5, 0.6) is 0 Å². The van der Waals surface area contributed by atoms with Gasteiger partial charge in [0, 0.05) is 26.0 Å². The predicted molar refractivity (Wildman–Crippen MR) is 65.7 cm³/mol. The number of ether oxygens (including phenoxy) is 1. The van der Waals surface area contributed by atoms with Crippen molar-refractivity contribution < 1.29 is 4.74 Å². The van der Waals surface area contributed by atoms with Gasteiger partial charge in [-0.05, 0) is 24.5 Å². The van der Waals surface area contributed by atoms with E-state index < -0.39 is 0 Å². The van der Waals surface area contributed by atoms with Gasteiger partial charge in [0.15, 0.2) is 0 Å². The number of nitrogens with two attached hydrogens (primary N) is 1. The van der Waals surface area contributed by atoms with Crippen molar-refractivity contribution in [3.63, 3.8) is 0 Å². The molecule has 1 aromatic heterocycles. The normalized spacial score (nSPS) is 11.0. The van der Waals surface area contributed by atoms with Gasteiger partial charge in [0.25, 0.3) is 5.56 Å². The van der Waals surface area contributed by atoms with Crippen LogP contribution in [0.25, 0.3) is 0 Å². The minimum Gasteiger partial charge on any atom is -0.394 e. The average molecular weight is 224 g/mol. The molecule has 0 saturated heterocycles. The largest absolute Gasteiger partial charge is 0.394 e. The van der Waals surface area contributed by atoms with Crippen LogP contribution in [0.3, 0.4) is 0 Å². The second kappa shape index (κ2) is 5.70. The molecule has 0 aliphatic heterocycles. The maximum atomic E-state index is 11.9. The first-order valence-electron chi connectivity index (χ1n) is 5.56. The first-order valence-corrected chi connectivity index (χ1v) is 5.56. The van der Waals surface area contributed by atoms with E-state index in [-0.39, 0.29) is 5.56 Å². The Hall–Kier alpha value is -1.29. The molecule has 1 rings (SSSR count). The van der Waals surface area contributed by atoms with E-state index in [0.29, 0.717) is 24.8 Å². The van der Waals surface area contributed by atoms with Crippen LogP contribution < -0.4 is 11.3 Å². The van der Waals surface area contributed by atoms with Crippen molar-refractivity contribution >= 4 is 5.69 Å². The summed E-state index contributed by atoms with van der Waals surface area (Å²) in [6.07, 6.45) is 0.819. The third kappa shape index (κ3) is 2.85. The number of aromatic nitrogens is 1. The Morgan fingerprint density at radius 3 is 2.69 bits per heavy atom. The fourth-order valence-electron chi connectivity index (χ4n) is 1.71. The highest BCUT2D eigenvalue weighted by Crippen LogP contribution is 2.13. The second-order valence-electron chi connectivity index (χ2n) is 4.17. The van der Waals surface area contributed by atoms with E-state index in [1.54, 1.807) is 17.7 Å². The van der Waals surface area contributed by atoms with Gasteiger partial charge >= 0.3 is 0 Å². The molecular weight excluding hydrogens is 204 g/mol. The molecule has 1 aromatic rings. The van der Waals surface area contributed by atoms with Crippen molar-refractivity contribution in [1.82, 2.24) is 4.57 Å². The van der Waals surface area contributed by atoms with Gasteiger partial charge in [0.05, 0.1) is 5.69 Å². The van der Waals surface area contributed by atoms with Gasteiger partial charge in [-0.2, -0.15) is 0 Å². The number of anilines is 1. The summed E-state index contributed by atoms with van der Waals surface area (Å²) < 4.78 is 6.74. The Morgan fingerprint density at radius 2 is 2.12 bits per heavy atom. The summed E-state index contributed by atoms with van der Waals surface area (Å²) >= 11 is 0. The van der Waals surface area contributed by atoms with Crippen LogP contribution >= 0.6 is 0 Å². The molecule has 1 heterocycles. The smallest absolute Gasteiger partial charge is 0.273 e. The van der Waals surface area contributed by atoms with E-state index in [1.807, 2.05) is 6.07 Å². The molecule has 16 heavy (non-hydrogen) atoms. The third-order valence-corrected chi connectivity index (χ3v) is 2.56. The minimum absolute atomic E-state index is 0.0951. The number of nitrogen functional groups attached to an aromatic ring is 1. The fourth-order valence-corrected chi connectivity index (χ4v) is 1.71. The van der Waals surface area contributed by atoms with Crippen molar-refractivity contribution in [1.29, 1.82) is 0 Å². The highest BCUT2D eigenvalue weighted by molar-refractivity contribution is 5.36. The molecular formula is C12H20N2O2. The van der Waals surface area contributed by atoms with Crippen molar-refractivity contribution in [2.45, 2.75) is 32.7 Å². The zero-order valence-corrected chi connectivity index (χ0v) is 10.2. The number of rotatable bonds is 5. The fraction of sp³-hybridized carbons (Fsp3) is 0.583. The van der Waals surface area contributed by atoms with Gasteiger partial charge in [0.2, 0.25) is 0 Å². The number of nitrogens with zero attached hydrogens (tertiary/aromatic N) is 1. The molecule has 4 heteroatoms. The maximum Gasteiger partial charge on any atom is 0.273 e. The van der Waals surface area contributed by atoms with E-state index in [9.17, 15) is 4.79 Å². The second-order valence-corrected chi connectivity index (χ2v) is 4.17. The molecule has 0 aromatic carbocycles. The lowest BCUT2D eigenvalue weighted by Gasteiger charge is -2.15. The number of hydrogen-bond donors (Lipinski definition) is 1. The standard InChI is InChI=1S/C12H20N2O2/c1-9(2)11-6-5-10(13)12(15)14(11)7-4-8-16-3/h5-6,9H,4,7-8,13H2,1-3H3. The Labute approximate surface area is 96.0 Å². The van der Waals surface area contributed by atoms with Crippen molar-refractivity contribution in [3.05, 3.63) is 28.2 Å². The molecule has 0 radical (unpaired) electrons. The predicted octanol–water partition coefficient (Wildman–Crippen LogP) is 1.59. The van der Waals surface area contributed by atoms with Crippen LogP contribution in [-0.2, 0) is 11.3 Å². The van der Waals surface area contributed by atoms with Crippen LogP contribution in [0.1, 0.15) is 31.9 Å². The van der Waals surface area contributed by atoms with Crippen LogP contribution in [0.15, 0.2) is 16.9 Å². The Bertz CT molecular complexity index is 396. The molecule has 0 aliphatic carbocycles. The summed E-state index contributed by atoms with van der Waals surface area (Å²) in [6, 6.07) is 3.61. The van der Waals surface area contributed by atoms with Gasteiger partial charge in [-0.15, -0.1) is 0 Å². The lowest BCUT2D eigenvalue weighted by atomic mass is 10.1. The Morgan fingerprint density at radius 1 is 1.44 bits per heavy atom. The first-order chi connectivity index (χ1) is 7.57. The molecule has 2 N–H and O–H groups in total. The Balaban J connectivity index is 3.01. The van der Waals surface area contributed by atoms with Gasteiger partial charge < -0.3 is 15.0 Å². The van der Waals surface area contributed by atoms with E-state index in [4.69, 9.17) is 10.5 Å². The van der Waals surface area contributed by atoms with E-state index in [1.165, 1.54) is 0 Å². The van der Waals surface area contributed by atoms with Crippen LogP contribution in [0, 0.1) is 0 Å². The SMILES string of the molecule is COCCCn1c(C(C)C)ccc(N)c1=O. The van der Waals surface area contributed by atoms with Crippen LogP contribution in [0.2, 0.25) is 0 Å². The van der Waals surface area contributed by atoms with Crippen molar-refractivity contribution in [2.24, 2.45) is 0 Å². The number of pyridine rings is 1. The molecule has 90 valence electrons. The molecule has 0 bridgehead atoms. The average Bonchev–Trinajstić information content (AvgIpc) is 2.24. The molecule has 0 saturated carbocycles. The molecule has 0 atom stereocenters. The minimum atomic E-state index is -0.0951. The molecule has 0 aliphatic rings. The highest BCUT2D eigenvalue weighted by atomic mass is 16.5. The van der Waals surface area contributed by atoms with Gasteiger partial charge in [-0.3, -0.25) is 4.79 Å². The van der Waals surface area contributed by atoms with Gasteiger partial charge in [-0.1, -0.05) is 13.8 Å². The van der Waals surface area contributed by atoms with Crippen molar-refractivity contribution in [2.75, 3.05) is 19.5 Å². The maximum absolute atomic E-state index is 11.9. The number of hydrogen-bond acceptors (Lipinski definition) is 3. The summed E-state index contributed by atoms with van der Waals surface area (Å²) in [5.41, 5.74) is 6.86. The zero-order valence-electron chi connectivity index (χ0n) is 10.2. The molecule has 0 fully saturated rings. The molecule has 0 amide bonds. The quantitative estimate of drug-likeness (QED) is 0.773. The van der Waals surface area contributed by atoms with Crippen molar-refractivity contribution in [3.8, 4) is 0 Å². The molecule has 0 unspecified atom stereocenters. The molecule has 0 spiro atoms.